The lowest BCUT2D eigenvalue weighted by molar-refractivity contribution is -0.420. The summed E-state index contributed by atoms with van der Waals surface area (Å²) in [4.78, 5) is 19.0. The van der Waals surface area contributed by atoms with Crippen molar-refractivity contribution in [3.63, 3.8) is 0 Å². The van der Waals surface area contributed by atoms with E-state index < -0.39 is 16.6 Å². The molecule has 0 fully saturated rings. The highest BCUT2D eigenvalue weighted by atomic mass is 16.6. The molecule has 0 aliphatic rings. The zero-order valence-corrected chi connectivity index (χ0v) is 7.50. The van der Waals surface area contributed by atoms with E-state index in [1.165, 1.54) is 0 Å². The van der Waals surface area contributed by atoms with E-state index in [0.717, 1.165) is 7.11 Å². The summed E-state index contributed by atoms with van der Waals surface area (Å²) in [5.41, 5.74) is -0.752. The van der Waals surface area contributed by atoms with Gasteiger partial charge in [-0.15, -0.1) is 0 Å². The van der Waals surface area contributed by atoms with Crippen molar-refractivity contribution in [2.45, 2.75) is 0 Å². The Labute approximate surface area is 79.9 Å². The van der Waals surface area contributed by atoms with Crippen LogP contribution in [-0.2, 0) is 9.53 Å². The van der Waals surface area contributed by atoms with Crippen molar-refractivity contribution < 1.29 is 18.9 Å². The van der Waals surface area contributed by atoms with Crippen LogP contribution in [0.15, 0.2) is 41.4 Å². The van der Waals surface area contributed by atoms with E-state index in [9.17, 15) is 14.9 Å². The second kappa shape index (κ2) is 6.41. The molecule has 1 aromatic heterocycles. The third-order valence-corrected chi connectivity index (χ3v) is 1.07. The number of hydrogen-bond donors (Lipinski definition) is 0. The van der Waals surface area contributed by atoms with Crippen LogP contribution in [0.25, 0.3) is 0 Å². The maximum atomic E-state index is 10.2. The van der Waals surface area contributed by atoms with Crippen LogP contribution in [0.3, 0.4) is 0 Å². The van der Waals surface area contributed by atoms with Crippen molar-refractivity contribution in [3.05, 3.63) is 47.0 Å². The first-order valence-electron chi connectivity index (χ1n) is 3.48. The van der Waals surface area contributed by atoms with Crippen LogP contribution < -0.4 is 0 Å². The molecular formula is C8H9NO5. The monoisotopic (exact) mass is 199 g/mol. The second-order valence-corrected chi connectivity index (χ2v) is 1.99. The molecule has 0 bridgehead atoms. The van der Waals surface area contributed by atoms with Gasteiger partial charge in [0.25, 0.3) is 0 Å². The van der Waals surface area contributed by atoms with E-state index >= 15 is 0 Å². The molecule has 0 saturated carbocycles. The quantitative estimate of drug-likeness (QED) is 0.309. The first-order valence-corrected chi connectivity index (χ1v) is 3.48. The van der Waals surface area contributed by atoms with Crippen LogP contribution in [0, 0.1) is 10.1 Å². The average Bonchev–Trinajstić information content (AvgIpc) is 2.73. The minimum absolute atomic E-state index is 0.752. The van der Waals surface area contributed by atoms with Crippen LogP contribution in [-0.4, -0.2) is 18.0 Å². The third-order valence-electron chi connectivity index (χ3n) is 1.07. The molecule has 1 aromatic rings. The highest BCUT2D eigenvalue weighted by molar-refractivity contribution is 5.84. The Bertz CT molecular complexity index is 286. The molecule has 14 heavy (non-hydrogen) atoms. The maximum Gasteiger partial charge on any atom is 0.408 e. The van der Waals surface area contributed by atoms with Gasteiger partial charge in [-0.05, 0) is 18.7 Å². The molecule has 0 unspecified atom stereocenters. The van der Waals surface area contributed by atoms with Crippen molar-refractivity contribution in [2.75, 3.05) is 7.11 Å². The van der Waals surface area contributed by atoms with Crippen LogP contribution in [0.5, 0.6) is 0 Å². The summed E-state index contributed by atoms with van der Waals surface area (Å²) >= 11 is 0. The highest BCUT2D eigenvalue weighted by Gasteiger charge is 2.17. The zero-order valence-electron chi connectivity index (χ0n) is 7.50. The van der Waals surface area contributed by atoms with Crippen LogP contribution in [0.1, 0.15) is 0 Å². The number of nitro groups is 1. The predicted octanol–water partition coefficient (Wildman–Crippen LogP) is 1.23. The molecule has 0 aromatic carbocycles. The molecule has 0 aliphatic heterocycles. The molecule has 1 rings (SSSR count). The number of rotatable bonds is 2. The van der Waals surface area contributed by atoms with Gasteiger partial charge in [0.05, 0.1) is 24.6 Å². The Balaban J connectivity index is 0.000000280. The number of nitrogens with zero attached hydrogens (tertiary/aromatic N) is 1. The van der Waals surface area contributed by atoms with E-state index in [2.05, 4.69) is 15.7 Å². The van der Waals surface area contributed by atoms with Gasteiger partial charge in [-0.1, -0.05) is 0 Å². The molecule has 0 spiro atoms. The smallest absolute Gasteiger partial charge is 0.408 e. The molecule has 1 heterocycles. The van der Waals surface area contributed by atoms with E-state index in [-0.39, 0.29) is 0 Å². The molecule has 0 N–H and O–H groups in total. The summed E-state index contributed by atoms with van der Waals surface area (Å²) in [5, 5.41) is 9.70. The zero-order chi connectivity index (χ0) is 11.0. The summed E-state index contributed by atoms with van der Waals surface area (Å²) < 4.78 is 8.58. The standard InChI is InChI=1S/C4H5NO4.C4H4O/c1-3(5(7)8)4(6)9-2;1-2-4-5-3-1/h1H2,2H3;1-4H. The van der Waals surface area contributed by atoms with E-state index in [0.29, 0.717) is 0 Å². The highest BCUT2D eigenvalue weighted by Crippen LogP contribution is 1.91. The summed E-state index contributed by atoms with van der Waals surface area (Å²) in [6.07, 6.45) is 3.25. The Morgan fingerprint density at radius 1 is 1.50 bits per heavy atom. The summed E-state index contributed by atoms with van der Waals surface area (Å²) in [7, 11) is 1.05. The SMILES string of the molecule is C=C(C(=O)OC)[N+](=O)[O-].c1ccoc1. The molecule has 0 atom stereocenters. The van der Waals surface area contributed by atoms with E-state index in [1.807, 2.05) is 12.1 Å². The van der Waals surface area contributed by atoms with Crippen molar-refractivity contribution in [1.29, 1.82) is 0 Å². The van der Waals surface area contributed by atoms with Gasteiger partial charge in [0.1, 0.15) is 0 Å². The lowest BCUT2D eigenvalue weighted by Gasteiger charge is -1.90. The van der Waals surface area contributed by atoms with Crippen molar-refractivity contribution in [3.8, 4) is 0 Å². The Morgan fingerprint density at radius 2 is 2.00 bits per heavy atom. The number of hydrogen-bond acceptors (Lipinski definition) is 5. The molecule has 6 heteroatoms. The summed E-state index contributed by atoms with van der Waals surface area (Å²) in [5.74, 6) is -1.01. The van der Waals surface area contributed by atoms with E-state index in [1.54, 1.807) is 12.5 Å². The Morgan fingerprint density at radius 3 is 2.14 bits per heavy atom. The first kappa shape index (κ1) is 11.9. The minimum atomic E-state index is -1.01. The van der Waals surface area contributed by atoms with Gasteiger partial charge >= 0.3 is 11.7 Å². The molecular weight excluding hydrogens is 190 g/mol. The molecule has 76 valence electrons. The molecule has 0 saturated heterocycles. The molecule has 6 nitrogen and oxygen atoms in total. The number of carbonyl (C=O) groups excluding carboxylic acids is 1. The fraction of sp³-hybridized carbons (Fsp3) is 0.125. The lowest BCUT2D eigenvalue weighted by Crippen LogP contribution is -2.10. The summed E-state index contributed by atoms with van der Waals surface area (Å²) in [6, 6.07) is 3.67. The summed E-state index contributed by atoms with van der Waals surface area (Å²) in [6.45, 7) is 2.85. The minimum Gasteiger partial charge on any atom is -0.473 e. The lowest BCUT2D eigenvalue weighted by atomic mass is 10.5. The van der Waals surface area contributed by atoms with Gasteiger partial charge in [0.2, 0.25) is 0 Å². The topological polar surface area (TPSA) is 82.6 Å². The van der Waals surface area contributed by atoms with Gasteiger partial charge in [0.15, 0.2) is 0 Å². The van der Waals surface area contributed by atoms with Gasteiger partial charge < -0.3 is 9.15 Å². The Kier molecular flexibility index (Phi) is 5.44. The predicted molar refractivity (Wildman–Crippen MR) is 46.9 cm³/mol. The van der Waals surface area contributed by atoms with Crippen molar-refractivity contribution in [1.82, 2.24) is 0 Å². The van der Waals surface area contributed by atoms with E-state index in [4.69, 9.17) is 0 Å². The fourth-order valence-electron chi connectivity index (χ4n) is 0.419. The number of methoxy groups -OCH3 is 1. The fourth-order valence-corrected chi connectivity index (χ4v) is 0.419. The van der Waals surface area contributed by atoms with Gasteiger partial charge in [-0.3, -0.25) is 10.1 Å². The van der Waals surface area contributed by atoms with Crippen LogP contribution in [0.4, 0.5) is 0 Å². The molecule has 0 amide bonds. The van der Waals surface area contributed by atoms with Crippen LogP contribution >= 0.6 is 0 Å². The van der Waals surface area contributed by atoms with Crippen molar-refractivity contribution in [2.24, 2.45) is 0 Å². The van der Waals surface area contributed by atoms with Gasteiger partial charge in [-0.25, -0.2) is 4.79 Å². The maximum absolute atomic E-state index is 10.2. The first-order chi connectivity index (χ1) is 6.59. The molecule has 0 radical (unpaired) electrons. The number of esters is 1. The molecule has 0 aliphatic carbocycles. The van der Waals surface area contributed by atoms with Crippen LogP contribution in [0.2, 0.25) is 0 Å². The van der Waals surface area contributed by atoms with Crippen molar-refractivity contribution >= 4 is 5.97 Å². The number of furan rings is 1. The second-order valence-electron chi connectivity index (χ2n) is 1.99. The number of carbonyl (C=O) groups is 1. The third kappa shape index (κ3) is 4.70. The Hall–Kier alpha value is -2.11. The van der Waals surface area contributed by atoms with Gasteiger partial charge in [0, 0.05) is 0 Å². The average molecular weight is 199 g/mol. The number of ether oxygens (including phenoxy) is 1. The van der Waals surface area contributed by atoms with Gasteiger partial charge in [-0.2, -0.15) is 0 Å². The normalized spacial score (nSPS) is 8.07. The largest absolute Gasteiger partial charge is 0.473 e.